The molecule has 0 spiro atoms. The largest absolute Gasteiger partial charge is 0.507 e. The van der Waals surface area contributed by atoms with E-state index in [0.717, 1.165) is 24.1 Å². The van der Waals surface area contributed by atoms with Crippen molar-refractivity contribution in [2.75, 3.05) is 11.9 Å². The number of aryl methyl sites for hydroxylation is 1. The third kappa shape index (κ3) is 3.91. The Kier molecular flexibility index (Phi) is 5.27. The third-order valence-corrected chi connectivity index (χ3v) is 5.17. The summed E-state index contributed by atoms with van der Waals surface area (Å²) in [6.45, 7) is 4.24. The number of amides is 2. The molecule has 3 aromatic rings. The normalized spacial score (nSPS) is 13.1. The lowest BCUT2D eigenvalue weighted by Gasteiger charge is -2.09. The van der Waals surface area contributed by atoms with Crippen LogP contribution in [0.1, 0.15) is 47.3 Å². The van der Waals surface area contributed by atoms with Gasteiger partial charge in [-0.3, -0.25) is 4.79 Å². The van der Waals surface area contributed by atoms with Crippen molar-refractivity contribution in [3.8, 4) is 17.0 Å². The number of carbonyl (C=O) groups is 2. The second-order valence-electron chi connectivity index (χ2n) is 7.48. The van der Waals surface area contributed by atoms with Gasteiger partial charge in [0.15, 0.2) is 0 Å². The number of nitrogens with one attached hydrogen (secondary N) is 2. The van der Waals surface area contributed by atoms with Crippen LogP contribution in [0.15, 0.2) is 48.5 Å². The monoisotopic (exact) mass is 404 g/mol. The molecule has 30 heavy (non-hydrogen) atoms. The van der Waals surface area contributed by atoms with Gasteiger partial charge in [-0.1, -0.05) is 18.2 Å². The molecule has 0 radical (unpaired) electrons. The highest BCUT2D eigenvalue weighted by Gasteiger charge is 2.30. The summed E-state index contributed by atoms with van der Waals surface area (Å²) >= 11 is 0. The van der Waals surface area contributed by atoms with Crippen LogP contribution in [0.4, 0.5) is 10.5 Å². The molecule has 154 valence electrons. The van der Waals surface area contributed by atoms with Gasteiger partial charge in [-0.25, -0.2) is 4.79 Å². The number of aromatic nitrogens is 2. The summed E-state index contributed by atoms with van der Waals surface area (Å²) in [5, 5.41) is 20.6. The van der Waals surface area contributed by atoms with E-state index in [1.54, 1.807) is 18.2 Å². The molecule has 1 fully saturated rings. The van der Waals surface area contributed by atoms with Gasteiger partial charge in [0, 0.05) is 35.3 Å². The molecule has 1 aliphatic carbocycles. The number of nitrogens with zero attached hydrogens (tertiary/aromatic N) is 2. The maximum absolute atomic E-state index is 12.5. The average Bonchev–Trinajstić information content (AvgIpc) is 3.47. The van der Waals surface area contributed by atoms with Crippen LogP contribution in [0.3, 0.4) is 0 Å². The van der Waals surface area contributed by atoms with Crippen LogP contribution in [-0.2, 0) is 0 Å². The molecular weight excluding hydrogens is 380 g/mol. The molecule has 0 unspecified atom stereocenters. The fraction of sp³-hybridized carbons (Fsp3) is 0.261. The highest BCUT2D eigenvalue weighted by atomic mass is 16.3. The van der Waals surface area contributed by atoms with E-state index in [1.165, 1.54) is 10.7 Å². The molecule has 7 nitrogen and oxygen atoms in total. The number of aromatic hydroxyl groups is 1. The number of benzene rings is 2. The molecule has 2 aromatic carbocycles. The molecule has 0 saturated heterocycles. The summed E-state index contributed by atoms with van der Waals surface area (Å²) in [7, 11) is 0. The minimum absolute atomic E-state index is 0.0134. The van der Waals surface area contributed by atoms with Crippen molar-refractivity contribution in [1.29, 1.82) is 0 Å². The molecule has 2 amide bonds. The Morgan fingerprint density at radius 3 is 2.60 bits per heavy atom. The summed E-state index contributed by atoms with van der Waals surface area (Å²) in [5.74, 6) is 0.0703. The van der Waals surface area contributed by atoms with Crippen LogP contribution in [0.25, 0.3) is 11.3 Å². The maximum Gasteiger partial charge on any atom is 0.342 e. The van der Waals surface area contributed by atoms with Gasteiger partial charge in [0.25, 0.3) is 5.91 Å². The van der Waals surface area contributed by atoms with Crippen LogP contribution in [-0.4, -0.2) is 33.4 Å². The van der Waals surface area contributed by atoms with Crippen molar-refractivity contribution in [1.82, 2.24) is 15.1 Å². The van der Waals surface area contributed by atoms with Crippen molar-refractivity contribution in [2.45, 2.75) is 32.6 Å². The lowest BCUT2D eigenvalue weighted by Crippen LogP contribution is -2.30. The lowest BCUT2D eigenvalue weighted by atomic mass is 10.1. The second kappa shape index (κ2) is 8.02. The first kappa shape index (κ1) is 19.7. The van der Waals surface area contributed by atoms with E-state index in [0.29, 0.717) is 35.0 Å². The summed E-state index contributed by atoms with van der Waals surface area (Å²) in [6.07, 6.45) is 2.06. The number of hydrogen-bond donors (Lipinski definition) is 3. The van der Waals surface area contributed by atoms with Crippen molar-refractivity contribution in [2.24, 2.45) is 0 Å². The van der Waals surface area contributed by atoms with E-state index < -0.39 is 0 Å². The molecule has 1 heterocycles. The van der Waals surface area contributed by atoms with Gasteiger partial charge in [-0.15, -0.1) is 0 Å². The molecule has 3 N–H and O–H groups in total. The first-order valence-electron chi connectivity index (χ1n) is 10.1. The number of phenolic OH excluding ortho intramolecular Hbond substituents is 1. The van der Waals surface area contributed by atoms with Crippen molar-refractivity contribution in [3.63, 3.8) is 0 Å². The highest BCUT2D eigenvalue weighted by molar-refractivity contribution is 6.05. The number of anilines is 1. The Morgan fingerprint density at radius 2 is 1.93 bits per heavy atom. The van der Waals surface area contributed by atoms with E-state index in [9.17, 15) is 14.7 Å². The SMILES string of the molecule is CCNC(=O)n1nc(-c2ccc(NC(=O)c3ccccc3C)cc2O)cc1C1CC1. The van der Waals surface area contributed by atoms with Gasteiger partial charge in [-0.2, -0.15) is 9.78 Å². The van der Waals surface area contributed by atoms with E-state index in [4.69, 9.17) is 0 Å². The van der Waals surface area contributed by atoms with E-state index >= 15 is 0 Å². The van der Waals surface area contributed by atoms with Crippen molar-refractivity contribution >= 4 is 17.6 Å². The van der Waals surface area contributed by atoms with Gasteiger partial charge < -0.3 is 15.7 Å². The van der Waals surface area contributed by atoms with Crippen molar-refractivity contribution < 1.29 is 14.7 Å². The molecule has 1 saturated carbocycles. The number of carbonyl (C=O) groups excluding carboxylic acids is 2. The minimum atomic E-state index is -0.271. The fourth-order valence-corrected chi connectivity index (χ4v) is 3.44. The molecular formula is C23H24N4O3. The number of rotatable bonds is 5. The quantitative estimate of drug-likeness (QED) is 0.592. The predicted octanol–water partition coefficient (Wildman–Crippen LogP) is 4.27. The molecule has 1 aromatic heterocycles. The zero-order valence-electron chi connectivity index (χ0n) is 17.0. The molecule has 1 aliphatic rings. The van der Waals surface area contributed by atoms with Gasteiger partial charge >= 0.3 is 6.03 Å². The summed E-state index contributed by atoms with van der Waals surface area (Å²) < 4.78 is 1.39. The lowest BCUT2D eigenvalue weighted by molar-refractivity contribution is 0.102. The Labute approximate surface area is 174 Å². The number of phenols is 1. The minimum Gasteiger partial charge on any atom is -0.507 e. The van der Waals surface area contributed by atoms with Crippen LogP contribution in [0.5, 0.6) is 5.75 Å². The first-order valence-corrected chi connectivity index (χ1v) is 10.1. The zero-order valence-corrected chi connectivity index (χ0v) is 17.0. The Bertz CT molecular complexity index is 1120. The van der Waals surface area contributed by atoms with E-state index in [-0.39, 0.29) is 17.7 Å². The predicted molar refractivity (Wildman–Crippen MR) is 115 cm³/mol. The molecule has 0 atom stereocenters. The van der Waals surface area contributed by atoms with Crippen LogP contribution < -0.4 is 10.6 Å². The smallest absolute Gasteiger partial charge is 0.342 e. The Hall–Kier alpha value is -3.61. The summed E-state index contributed by atoms with van der Waals surface area (Å²) in [6, 6.07) is 13.8. The molecule has 4 rings (SSSR count). The Morgan fingerprint density at radius 1 is 1.17 bits per heavy atom. The van der Waals surface area contributed by atoms with Gasteiger partial charge in [0.2, 0.25) is 0 Å². The molecule has 0 bridgehead atoms. The topological polar surface area (TPSA) is 96.3 Å². The van der Waals surface area contributed by atoms with Crippen LogP contribution in [0, 0.1) is 6.92 Å². The van der Waals surface area contributed by atoms with Gasteiger partial charge in [0.05, 0.1) is 11.4 Å². The van der Waals surface area contributed by atoms with Crippen LogP contribution >= 0.6 is 0 Å². The summed E-state index contributed by atoms with van der Waals surface area (Å²) in [5.41, 5.74) is 3.82. The Balaban J connectivity index is 1.59. The van der Waals surface area contributed by atoms with Gasteiger partial charge in [0.1, 0.15) is 5.75 Å². The standard InChI is InChI=1S/C23H24N4O3/c1-3-24-23(30)27-20(15-8-9-15)13-19(26-27)18-11-10-16(12-21(18)28)25-22(29)17-7-5-4-6-14(17)2/h4-7,10-13,15,28H,3,8-9H2,1-2H3,(H,24,30)(H,25,29). The van der Waals surface area contributed by atoms with Crippen LogP contribution in [0.2, 0.25) is 0 Å². The number of hydrogen-bond acceptors (Lipinski definition) is 4. The fourth-order valence-electron chi connectivity index (χ4n) is 3.44. The second-order valence-corrected chi connectivity index (χ2v) is 7.48. The maximum atomic E-state index is 12.5. The van der Waals surface area contributed by atoms with Gasteiger partial charge in [-0.05, 0) is 56.5 Å². The third-order valence-electron chi connectivity index (χ3n) is 5.17. The average molecular weight is 404 g/mol. The van der Waals surface area contributed by atoms with Crippen molar-refractivity contribution in [3.05, 3.63) is 65.4 Å². The molecule has 0 aliphatic heterocycles. The first-order chi connectivity index (χ1) is 14.5. The zero-order chi connectivity index (χ0) is 21.3. The molecule has 7 heteroatoms. The van der Waals surface area contributed by atoms with E-state index in [1.807, 2.05) is 38.1 Å². The summed E-state index contributed by atoms with van der Waals surface area (Å²) in [4.78, 5) is 24.9. The van der Waals surface area contributed by atoms with E-state index in [2.05, 4.69) is 15.7 Å². The highest BCUT2D eigenvalue weighted by Crippen LogP contribution is 2.42.